The summed E-state index contributed by atoms with van der Waals surface area (Å²) < 4.78 is 1.84. The number of carbonyl (C=O) groups is 1. The van der Waals surface area contributed by atoms with E-state index in [-0.39, 0.29) is 11.5 Å². The lowest BCUT2D eigenvalue weighted by Gasteiger charge is -1.99. The molecule has 2 nitrogen and oxygen atoms in total. The van der Waals surface area contributed by atoms with Crippen molar-refractivity contribution in [2.75, 3.05) is 0 Å². The molecule has 0 saturated carbocycles. The Balaban J connectivity index is 2.11. The molecular weight excluding hydrogens is 324 g/mol. The molecule has 19 heavy (non-hydrogen) atoms. The Morgan fingerprint density at radius 2 is 1.74 bits per heavy atom. The second-order valence-corrected chi connectivity index (χ2v) is 6.08. The number of rotatable bonds is 2. The summed E-state index contributed by atoms with van der Waals surface area (Å²) in [4.78, 5) is 12.8. The molecule has 1 aromatic heterocycles. The van der Waals surface area contributed by atoms with E-state index in [0.29, 0.717) is 10.4 Å². The van der Waals surface area contributed by atoms with E-state index in [1.165, 1.54) is 11.3 Å². The fourth-order valence-electron chi connectivity index (χ4n) is 1.92. The van der Waals surface area contributed by atoms with Crippen LogP contribution in [0.2, 0.25) is 0 Å². The minimum atomic E-state index is -0.147. The van der Waals surface area contributed by atoms with Crippen molar-refractivity contribution in [1.82, 2.24) is 0 Å². The van der Waals surface area contributed by atoms with Gasteiger partial charge >= 0.3 is 0 Å². The molecule has 2 aromatic carbocycles. The Bertz CT molecular complexity index is 759. The van der Waals surface area contributed by atoms with Gasteiger partial charge in [-0.3, -0.25) is 4.79 Å². The smallest absolute Gasteiger partial charge is 0.206 e. The lowest BCUT2D eigenvalue weighted by atomic mass is 10.1. The van der Waals surface area contributed by atoms with Crippen LogP contribution in [-0.4, -0.2) is 10.9 Å². The van der Waals surface area contributed by atoms with Gasteiger partial charge in [0.1, 0.15) is 10.6 Å². The van der Waals surface area contributed by atoms with Gasteiger partial charge in [-0.05, 0) is 36.4 Å². The van der Waals surface area contributed by atoms with Crippen LogP contribution in [0.1, 0.15) is 15.2 Å². The van der Waals surface area contributed by atoms with Gasteiger partial charge in [0.05, 0.1) is 0 Å². The zero-order chi connectivity index (χ0) is 13.4. The molecule has 1 N–H and O–H groups in total. The molecule has 0 bridgehead atoms. The zero-order valence-electron chi connectivity index (χ0n) is 9.76. The lowest BCUT2D eigenvalue weighted by molar-refractivity contribution is 0.104. The minimum Gasteiger partial charge on any atom is -0.506 e. The predicted molar refractivity (Wildman–Crippen MR) is 81.1 cm³/mol. The molecule has 3 aromatic rings. The summed E-state index contributed by atoms with van der Waals surface area (Å²) in [5.74, 6) is -0.0697. The van der Waals surface area contributed by atoms with E-state index >= 15 is 0 Å². The Hall–Kier alpha value is -1.65. The molecule has 0 amide bonds. The van der Waals surface area contributed by atoms with Crippen molar-refractivity contribution in [3.63, 3.8) is 0 Å². The number of hydrogen-bond acceptors (Lipinski definition) is 3. The molecule has 3 rings (SSSR count). The molecule has 0 unspecified atom stereocenters. The quantitative estimate of drug-likeness (QED) is 0.696. The average molecular weight is 333 g/mol. The van der Waals surface area contributed by atoms with E-state index in [4.69, 9.17) is 0 Å². The lowest BCUT2D eigenvalue weighted by Crippen LogP contribution is -1.98. The second kappa shape index (κ2) is 4.79. The maximum atomic E-state index is 12.4. The molecular formula is C15H9BrO2S. The maximum absolute atomic E-state index is 12.4. The van der Waals surface area contributed by atoms with Crippen molar-refractivity contribution in [3.05, 3.63) is 63.4 Å². The van der Waals surface area contributed by atoms with E-state index < -0.39 is 0 Å². The van der Waals surface area contributed by atoms with Gasteiger partial charge in [-0.1, -0.05) is 28.1 Å². The van der Waals surface area contributed by atoms with Gasteiger partial charge in [0.15, 0.2) is 0 Å². The Morgan fingerprint density at radius 1 is 1.05 bits per heavy atom. The Labute approximate surface area is 122 Å². The average Bonchev–Trinajstić information content (AvgIpc) is 2.77. The molecule has 0 aliphatic heterocycles. The number of halogens is 1. The van der Waals surface area contributed by atoms with Crippen molar-refractivity contribution in [2.24, 2.45) is 0 Å². The summed E-state index contributed by atoms with van der Waals surface area (Å²) in [6.45, 7) is 0. The van der Waals surface area contributed by atoms with Gasteiger partial charge in [0.2, 0.25) is 5.78 Å². The number of carbonyl (C=O) groups excluding carboxylic acids is 1. The maximum Gasteiger partial charge on any atom is 0.206 e. The summed E-state index contributed by atoms with van der Waals surface area (Å²) in [5, 5.41) is 10.9. The van der Waals surface area contributed by atoms with E-state index in [1.54, 1.807) is 12.1 Å². The van der Waals surface area contributed by atoms with Crippen molar-refractivity contribution < 1.29 is 9.90 Å². The van der Waals surface area contributed by atoms with E-state index in [2.05, 4.69) is 15.9 Å². The molecule has 94 valence electrons. The highest BCUT2D eigenvalue weighted by atomic mass is 79.9. The first-order chi connectivity index (χ1) is 9.16. The van der Waals surface area contributed by atoms with Crippen LogP contribution in [0.25, 0.3) is 10.1 Å². The standard InChI is InChI=1S/C15H9BrO2S/c16-10-7-5-9(6-8-10)13(17)15-14(18)11-3-1-2-4-12(11)19-15/h1-8,18H. The highest BCUT2D eigenvalue weighted by Crippen LogP contribution is 2.37. The first-order valence-electron chi connectivity index (χ1n) is 5.67. The summed E-state index contributed by atoms with van der Waals surface area (Å²) in [6.07, 6.45) is 0. The van der Waals surface area contributed by atoms with Gasteiger partial charge < -0.3 is 5.11 Å². The first kappa shape index (κ1) is 12.4. The molecule has 0 fully saturated rings. The molecule has 0 spiro atoms. The SMILES string of the molecule is O=C(c1ccc(Br)cc1)c1sc2ccccc2c1O. The summed E-state index contributed by atoms with van der Waals surface area (Å²) in [6, 6.07) is 14.6. The third kappa shape index (κ3) is 2.17. The van der Waals surface area contributed by atoms with Crippen LogP contribution in [0.5, 0.6) is 5.75 Å². The van der Waals surface area contributed by atoms with Crippen LogP contribution in [0, 0.1) is 0 Å². The van der Waals surface area contributed by atoms with Gasteiger partial charge in [-0.25, -0.2) is 0 Å². The number of thiophene rings is 1. The van der Waals surface area contributed by atoms with Crippen LogP contribution in [0.3, 0.4) is 0 Å². The van der Waals surface area contributed by atoms with E-state index in [1.807, 2.05) is 36.4 Å². The highest BCUT2D eigenvalue weighted by molar-refractivity contribution is 9.10. The number of hydrogen-bond donors (Lipinski definition) is 1. The summed E-state index contributed by atoms with van der Waals surface area (Å²) >= 11 is 4.66. The highest BCUT2D eigenvalue weighted by Gasteiger charge is 2.18. The minimum absolute atomic E-state index is 0.0773. The fourth-order valence-corrected chi connectivity index (χ4v) is 3.24. The van der Waals surface area contributed by atoms with Gasteiger partial charge in [-0.15, -0.1) is 11.3 Å². The van der Waals surface area contributed by atoms with Gasteiger partial charge in [-0.2, -0.15) is 0 Å². The van der Waals surface area contributed by atoms with Crippen molar-refractivity contribution in [2.45, 2.75) is 0 Å². The van der Waals surface area contributed by atoms with E-state index in [0.717, 1.165) is 14.6 Å². The van der Waals surface area contributed by atoms with Crippen LogP contribution in [0.4, 0.5) is 0 Å². The monoisotopic (exact) mass is 332 g/mol. The first-order valence-corrected chi connectivity index (χ1v) is 7.28. The third-order valence-corrected chi connectivity index (χ3v) is 4.57. The third-order valence-electron chi connectivity index (χ3n) is 2.88. The molecule has 0 aliphatic carbocycles. The number of aromatic hydroxyl groups is 1. The number of ketones is 1. The molecule has 0 saturated heterocycles. The molecule has 0 atom stereocenters. The van der Waals surface area contributed by atoms with Crippen LogP contribution >= 0.6 is 27.3 Å². The fraction of sp³-hybridized carbons (Fsp3) is 0. The van der Waals surface area contributed by atoms with Crippen molar-refractivity contribution in [1.29, 1.82) is 0 Å². The molecule has 0 radical (unpaired) electrons. The Morgan fingerprint density at radius 3 is 2.42 bits per heavy atom. The molecule has 4 heteroatoms. The van der Waals surface area contributed by atoms with E-state index in [9.17, 15) is 9.90 Å². The molecule has 0 aliphatic rings. The molecule has 1 heterocycles. The second-order valence-electron chi connectivity index (χ2n) is 4.11. The van der Waals surface area contributed by atoms with Gasteiger partial charge in [0, 0.05) is 20.1 Å². The van der Waals surface area contributed by atoms with Crippen molar-refractivity contribution >= 4 is 43.1 Å². The van der Waals surface area contributed by atoms with Crippen LogP contribution in [0.15, 0.2) is 53.0 Å². The normalized spacial score (nSPS) is 10.8. The number of fused-ring (bicyclic) bond motifs is 1. The van der Waals surface area contributed by atoms with Crippen molar-refractivity contribution in [3.8, 4) is 5.75 Å². The topological polar surface area (TPSA) is 37.3 Å². The number of benzene rings is 2. The largest absolute Gasteiger partial charge is 0.506 e. The zero-order valence-corrected chi connectivity index (χ0v) is 12.2. The predicted octanol–water partition coefficient (Wildman–Crippen LogP) is 4.60. The van der Waals surface area contributed by atoms with Crippen LogP contribution < -0.4 is 0 Å². The van der Waals surface area contributed by atoms with Crippen LogP contribution in [-0.2, 0) is 0 Å². The summed E-state index contributed by atoms with van der Waals surface area (Å²) in [5.41, 5.74) is 0.574. The summed E-state index contributed by atoms with van der Waals surface area (Å²) in [7, 11) is 0. The van der Waals surface area contributed by atoms with Gasteiger partial charge in [0.25, 0.3) is 0 Å². The Kier molecular flexibility index (Phi) is 3.12.